The second kappa shape index (κ2) is 5.95. The molecule has 0 radical (unpaired) electrons. The van der Waals surface area contributed by atoms with Crippen LogP contribution in [0, 0.1) is 5.92 Å². The minimum absolute atomic E-state index is 0.0324. The molecule has 1 aromatic rings. The Morgan fingerprint density at radius 2 is 2.18 bits per heavy atom. The molecule has 1 unspecified atom stereocenters. The van der Waals surface area contributed by atoms with Gasteiger partial charge in [0.25, 0.3) is 0 Å². The van der Waals surface area contributed by atoms with Crippen molar-refractivity contribution in [1.82, 2.24) is 15.1 Å². The lowest BCUT2D eigenvalue weighted by Gasteiger charge is -2.19. The topological polar surface area (TPSA) is 64.0 Å². The highest BCUT2D eigenvalue weighted by Crippen LogP contribution is 2.06. The van der Waals surface area contributed by atoms with Gasteiger partial charge in [-0.2, -0.15) is 5.10 Å². The maximum absolute atomic E-state index is 11.7. The summed E-state index contributed by atoms with van der Waals surface area (Å²) in [6.07, 6.45) is 3.32. The standard InChI is InChI=1S/C11H16BrN3O2/c1-7(2)11(8(3)16)14-10(17)6-15-5-9(12)4-13-15/h4-5,7,11H,6H2,1-3H3,(H,14,17). The number of rotatable bonds is 5. The first-order valence-electron chi connectivity index (χ1n) is 5.38. The summed E-state index contributed by atoms with van der Waals surface area (Å²) in [5.41, 5.74) is 0. The highest BCUT2D eigenvalue weighted by atomic mass is 79.9. The van der Waals surface area contributed by atoms with E-state index in [0.717, 1.165) is 4.47 Å². The van der Waals surface area contributed by atoms with Gasteiger partial charge in [-0.15, -0.1) is 0 Å². The monoisotopic (exact) mass is 301 g/mol. The Morgan fingerprint density at radius 1 is 1.53 bits per heavy atom. The Hall–Kier alpha value is -1.17. The molecule has 0 saturated heterocycles. The first-order valence-corrected chi connectivity index (χ1v) is 6.17. The predicted octanol–water partition coefficient (Wildman–Crippen LogP) is 1.38. The van der Waals surface area contributed by atoms with Crippen LogP contribution in [0.1, 0.15) is 20.8 Å². The van der Waals surface area contributed by atoms with Gasteiger partial charge in [0.2, 0.25) is 5.91 Å². The first kappa shape index (κ1) is 13.9. The van der Waals surface area contributed by atoms with Gasteiger partial charge in [0.15, 0.2) is 5.78 Å². The highest BCUT2D eigenvalue weighted by Gasteiger charge is 2.20. The minimum Gasteiger partial charge on any atom is -0.344 e. The third-order valence-corrected chi connectivity index (χ3v) is 2.74. The smallest absolute Gasteiger partial charge is 0.242 e. The van der Waals surface area contributed by atoms with Crippen LogP contribution in [0.25, 0.3) is 0 Å². The Kier molecular flexibility index (Phi) is 4.86. The number of hydrogen-bond acceptors (Lipinski definition) is 3. The van der Waals surface area contributed by atoms with Crippen molar-refractivity contribution in [2.45, 2.75) is 33.4 Å². The number of Topliss-reactive ketones (excluding diaryl/α,β-unsaturated/α-hetero) is 1. The van der Waals surface area contributed by atoms with Gasteiger partial charge in [-0.1, -0.05) is 13.8 Å². The lowest BCUT2D eigenvalue weighted by Crippen LogP contribution is -2.44. The van der Waals surface area contributed by atoms with E-state index in [-0.39, 0.29) is 24.2 Å². The number of ketones is 1. The zero-order chi connectivity index (χ0) is 13.0. The lowest BCUT2D eigenvalue weighted by atomic mass is 10.0. The maximum Gasteiger partial charge on any atom is 0.242 e. The SMILES string of the molecule is CC(=O)C(NC(=O)Cn1cc(Br)cn1)C(C)C. The van der Waals surface area contributed by atoms with Crippen LogP contribution in [0.4, 0.5) is 0 Å². The lowest BCUT2D eigenvalue weighted by molar-refractivity contribution is -0.128. The Bertz CT molecular complexity index is 415. The number of nitrogens with one attached hydrogen (secondary N) is 1. The average molecular weight is 302 g/mol. The second-order valence-electron chi connectivity index (χ2n) is 4.26. The van der Waals surface area contributed by atoms with E-state index in [0.29, 0.717) is 0 Å². The van der Waals surface area contributed by atoms with Gasteiger partial charge in [0, 0.05) is 6.20 Å². The van der Waals surface area contributed by atoms with Crippen molar-refractivity contribution >= 4 is 27.6 Å². The van der Waals surface area contributed by atoms with E-state index in [1.165, 1.54) is 11.6 Å². The fourth-order valence-electron chi connectivity index (χ4n) is 1.53. The van der Waals surface area contributed by atoms with Gasteiger partial charge >= 0.3 is 0 Å². The van der Waals surface area contributed by atoms with Gasteiger partial charge in [-0.25, -0.2) is 0 Å². The molecule has 1 heterocycles. The van der Waals surface area contributed by atoms with Crippen molar-refractivity contribution in [3.05, 3.63) is 16.9 Å². The molecule has 0 bridgehead atoms. The van der Waals surface area contributed by atoms with Crippen LogP contribution in [0.3, 0.4) is 0 Å². The first-order chi connectivity index (χ1) is 7.90. The van der Waals surface area contributed by atoms with Crippen LogP contribution in [-0.4, -0.2) is 27.5 Å². The Balaban J connectivity index is 2.56. The molecule has 0 aliphatic rings. The quantitative estimate of drug-likeness (QED) is 0.893. The van der Waals surface area contributed by atoms with E-state index in [1.807, 2.05) is 13.8 Å². The summed E-state index contributed by atoms with van der Waals surface area (Å²) in [7, 11) is 0. The van der Waals surface area contributed by atoms with Crippen molar-refractivity contribution in [2.24, 2.45) is 5.92 Å². The molecule has 0 aliphatic heterocycles. The number of halogens is 1. The third kappa shape index (κ3) is 4.30. The molecule has 1 amide bonds. The number of nitrogens with zero attached hydrogens (tertiary/aromatic N) is 2. The third-order valence-electron chi connectivity index (χ3n) is 2.33. The normalized spacial score (nSPS) is 12.5. The molecule has 1 atom stereocenters. The maximum atomic E-state index is 11.7. The van der Waals surface area contributed by atoms with Gasteiger partial charge in [-0.05, 0) is 28.8 Å². The summed E-state index contributed by atoms with van der Waals surface area (Å²) < 4.78 is 2.33. The number of carbonyl (C=O) groups excluding carboxylic acids is 2. The van der Waals surface area contributed by atoms with E-state index >= 15 is 0 Å². The van der Waals surface area contributed by atoms with Crippen LogP contribution < -0.4 is 5.32 Å². The number of aromatic nitrogens is 2. The van der Waals surface area contributed by atoms with Crippen molar-refractivity contribution in [3.63, 3.8) is 0 Å². The van der Waals surface area contributed by atoms with Crippen molar-refractivity contribution in [3.8, 4) is 0 Å². The molecular formula is C11H16BrN3O2. The van der Waals surface area contributed by atoms with Crippen LogP contribution >= 0.6 is 15.9 Å². The van der Waals surface area contributed by atoms with Crippen LogP contribution in [0.5, 0.6) is 0 Å². The Morgan fingerprint density at radius 3 is 2.59 bits per heavy atom. The van der Waals surface area contributed by atoms with E-state index < -0.39 is 6.04 Å². The van der Waals surface area contributed by atoms with Gasteiger partial charge in [-0.3, -0.25) is 14.3 Å². The van der Waals surface area contributed by atoms with E-state index in [2.05, 4.69) is 26.3 Å². The Labute approximate surface area is 109 Å². The number of carbonyl (C=O) groups is 2. The molecule has 0 aliphatic carbocycles. The fraction of sp³-hybridized carbons (Fsp3) is 0.545. The van der Waals surface area contributed by atoms with Gasteiger partial charge in [0.1, 0.15) is 6.54 Å². The van der Waals surface area contributed by atoms with Crippen LogP contribution in [-0.2, 0) is 16.1 Å². The highest BCUT2D eigenvalue weighted by molar-refractivity contribution is 9.10. The van der Waals surface area contributed by atoms with Crippen molar-refractivity contribution < 1.29 is 9.59 Å². The summed E-state index contributed by atoms with van der Waals surface area (Å²) in [6.45, 7) is 5.39. The predicted molar refractivity (Wildman–Crippen MR) is 67.4 cm³/mol. The molecule has 6 heteroatoms. The molecule has 5 nitrogen and oxygen atoms in total. The molecular weight excluding hydrogens is 286 g/mol. The molecule has 0 saturated carbocycles. The molecule has 17 heavy (non-hydrogen) atoms. The molecule has 94 valence electrons. The largest absolute Gasteiger partial charge is 0.344 e. The van der Waals surface area contributed by atoms with Crippen LogP contribution in [0.15, 0.2) is 16.9 Å². The van der Waals surface area contributed by atoms with E-state index in [4.69, 9.17) is 0 Å². The number of amides is 1. The average Bonchev–Trinajstić information content (AvgIpc) is 2.59. The molecule has 1 rings (SSSR count). The summed E-state index contributed by atoms with van der Waals surface area (Å²) >= 11 is 3.25. The summed E-state index contributed by atoms with van der Waals surface area (Å²) in [4.78, 5) is 23.0. The summed E-state index contributed by atoms with van der Waals surface area (Å²) in [6, 6.07) is -0.429. The molecule has 0 aromatic carbocycles. The second-order valence-corrected chi connectivity index (χ2v) is 5.17. The number of hydrogen-bond donors (Lipinski definition) is 1. The molecule has 0 fully saturated rings. The zero-order valence-electron chi connectivity index (χ0n) is 10.1. The summed E-state index contributed by atoms with van der Waals surface area (Å²) in [5, 5.41) is 6.69. The van der Waals surface area contributed by atoms with Gasteiger partial charge in [0.05, 0.1) is 16.7 Å². The molecule has 1 aromatic heterocycles. The minimum atomic E-state index is -0.429. The molecule has 1 N–H and O–H groups in total. The zero-order valence-corrected chi connectivity index (χ0v) is 11.7. The fourth-order valence-corrected chi connectivity index (χ4v) is 1.86. The van der Waals surface area contributed by atoms with Crippen molar-refractivity contribution in [1.29, 1.82) is 0 Å². The van der Waals surface area contributed by atoms with E-state index in [9.17, 15) is 9.59 Å². The van der Waals surface area contributed by atoms with Crippen LogP contribution in [0.2, 0.25) is 0 Å². The van der Waals surface area contributed by atoms with Crippen molar-refractivity contribution in [2.75, 3.05) is 0 Å². The summed E-state index contributed by atoms with van der Waals surface area (Å²) in [5.74, 6) is -0.162. The van der Waals surface area contributed by atoms with Gasteiger partial charge < -0.3 is 5.32 Å². The van der Waals surface area contributed by atoms with E-state index in [1.54, 1.807) is 12.4 Å². The molecule has 0 spiro atoms.